The Morgan fingerprint density at radius 1 is 1.08 bits per heavy atom. The topological polar surface area (TPSA) is 32.3 Å². The van der Waals surface area contributed by atoms with E-state index in [0.717, 1.165) is 16.8 Å². The lowest BCUT2D eigenvalue weighted by Crippen LogP contribution is -2.68. The number of carbonyl (C=O) groups is 1. The van der Waals surface area contributed by atoms with Crippen LogP contribution in [-0.2, 0) is 10.2 Å². The zero-order chi connectivity index (χ0) is 18.5. The van der Waals surface area contributed by atoms with Crippen molar-refractivity contribution in [2.45, 2.75) is 31.3 Å². The summed E-state index contributed by atoms with van der Waals surface area (Å²) in [6.45, 7) is 4.57. The van der Waals surface area contributed by atoms with Crippen LogP contribution in [0.4, 0.5) is 14.5 Å². The summed E-state index contributed by atoms with van der Waals surface area (Å²) < 4.78 is 27.1. The second-order valence-electron chi connectivity index (χ2n) is 7.39. The molecule has 26 heavy (non-hydrogen) atoms. The SMILES string of the molecule is CC1(C)c2cc(F)ccc2N2CCC(=O)NC21C=Cc1ccc(F)cc1. The van der Waals surface area contributed by atoms with Gasteiger partial charge < -0.3 is 10.2 Å². The molecule has 134 valence electrons. The summed E-state index contributed by atoms with van der Waals surface area (Å²) in [5.74, 6) is -0.621. The van der Waals surface area contributed by atoms with Gasteiger partial charge in [0.05, 0.1) is 0 Å². The molecule has 2 heterocycles. The molecule has 1 saturated heterocycles. The van der Waals surface area contributed by atoms with Gasteiger partial charge >= 0.3 is 0 Å². The molecular formula is C21H20F2N2O. The summed E-state index contributed by atoms with van der Waals surface area (Å²) in [5.41, 5.74) is 1.28. The lowest BCUT2D eigenvalue weighted by molar-refractivity contribution is -0.124. The molecule has 2 aliphatic heterocycles. The summed E-state index contributed by atoms with van der Waals surface area (Å²) in [5, 5.41) is 3.13. The minimum atomic E-state index is -0.799. The molecule has 0 saturated carbocycles. The molecule has 2 aromatic carbocycles. The average Bonchev–Trinajstić information content (AvgIpc) is 2.79. The highest BCUT2D eigenvalue weighted by atomic mass is 19.1. The van der Waals surface area contributed by atoms with Crippen LogP contribution in [0.15, 0.2) is 48.5 Å². The smallest absolute Gasteiger partial charge is 0.223 e. The first-order valence-electron chi connectivity index (χ1n) is 8.67. The lowest BCUT2D eigenvalue weighted by atomic mass is 9.74. The molecule has 1 fully saturated rings. The molecule has 2 aromatic rings. The molecular weight excluding hydrogens is 334 g/mol. The third kappa shape index (κ3) is 2.34. The van der Waals surface area contributed by atoms with Gasteiger partial charge in [-0.1, -0.05) is 32.1 Å². The molecule has 0 aliphatic carbocycles. The van der Waals surface area contributed by atoms with Crippen LogP contribution in [0, 0.1) is 11.6 Å². The number of hydrogen-bond donors (Lipinski definition) is 1. The number of nitrogens with zero attached hydrogens (tertiary/aromatic N) is 1. The van der Waals surface area contributed by atoms with Gasteiger partial charge in [0, 0.05) is 24.1 Å². The van der Waals surface area contributed by atoms with E-state index in [1.807, 2.05) is 26.0 Å². The minimum absolute atomic E-state index is 0.0358. The van der Waals surface area contributed by atoms with Crippen LogP contribution in [-0.4, -0.2) is 18.1 Å². The Morgan fingerprint density at radius 2 is 1.77 bits per heavy atom. The Morgan fingerprint density at radius 3 is 2.50 bits per heavy atom. The van der Waals surface area contributed by atoms with Crippen LogP contribution in [0.1, 0.15) is 31.4 Å². The molecule has 1 amide bonds. The number of benzene rings is 2. The number of rotatable bonds is 2. The summed E-state index contributed by atoms with van der Waals surface area (Å²) in [7, 11) is 0. The van der Waals surface area contributed by atoms with Gasteiger partial charge in [0.2, 0.25) is 5.91 Å². The molecule has 3 nitrogen and oxygen atoms in total. The third-order valence-corrected chi connectivity index (χ3v) is 5.58. The Bertz CT molecular complexity index is 905. The van der Waals surface area contributed by atoms with Gasteiger partial charge in [0.15, 0.2) is 0 Å². The summed E-state index contributed by atoms with van der Waals surface area (Å²) >= 11 is 0. The van der Waals surface area contributed by atoms with Crippen molar-refractivity contribution in [2.75, 3.05) is 11.4 Å². The van der Waals surface area contributed by atoms with Crippen LogP contribution in [0.25, 0.3) is 6.08 Å². The Labute approximate surface area is 151 Å². The van der Waals surface area contributed by atoms with Crippen LogP contribution in [0.5, 0.6) is 0 Å². The number of amides is 1. The molecule has 1 atom stereocenters. The second kappa shape index (κ2) is 5.66. The van der Waals surface area contributed by atoms with Gasteiger partial charge in [0.25, 0.3) is 0 Å². The van der Waals surface area contributed by atoms with Crippen molar-refractivity contribution in [1.29, 1.82) is 0 Å². The van der Waals surface area contributed by atoms with Crippen LogP contribution >= 0.6 is 0 Å². The fraction of sp³-hybridized carbons (Fsp3) is 0.286. The van der Waals surface area contributed by atoms with E-state index in [2.05, 4.69) is 10.2 Å². The van der Waals surface area contributed by atoms with Crippen molar-refractivity contribution in [2.24, 2.45) is 0 Å². The Hall–Kier alpha value is -2.69. The van der Waals surface area contributed by atoms with Crippen LogP contribution < -0.4 is 10.2 Å². The zero-order valence-electron chi connectivity index (χ0n) is 14.7. The molecule has 2 aliphatic rings. The molecule has 0 radical (unpaired) electrons. The van der Waals surface area contributed by atoms with Gasteiger partial charge in [-0.2, -0.15) is 0 Å². The second-order valence-corrected chi connectivity index (χ2v) is 7.39. The van der Waals surface area contributed by atoms with E-state index in [9.17, 15) is 13.6 Å². The van der Waals surface area contributed by atoms with E-state index in [1.165, 1.54) is 18.2 Å². The van der Waals surface area contributed by atoms with Crippen molar-refractivity contribution in [3.05, 3.63) is 71.3 Å². The van der Waals surface area contributed by atoms with Gasteiger partial charge in [-0.05, 0) is 47.5 Å². The first-order chi connectivity index (χ1) is 12.3. The maximum Gasteiger partial charge on any atom is 0.223 e. The standard InChI is InChI=1S/C21H20F2N2O/c1-20(2)17-13-16(23)7-8-18(17)25-12-10-19(26)24-21(20,25)11-9-14-3-5-15(22)6-4-14/h3-9,11,13H,10,12H2,1-2H3,(H,24,26). The number of fused-ring (bicyclic) bond motifs is 3. The number of hydrogen-bond acceptors (Lipinski definition) is 2. The van der Waals surface area contributed by atoms with E-state index in [0.29, 0.717) is 13.0 Å². The maximum atomic E-state index is 13.9. The number of halogens is 2. The summed E-state index contributed by atoms with van der Waals surface area (Å²) in [4.78, 5) is 14.4. The third-order valence-electron chi connectivity index (χ3n) is 5.58. The van der Waals surface area contributed by atoms with Gasteiger partial charge in [-0.15, -0.1) is 0 Å². The number of anilines is 1. The molecule has 0 spiro atoms. The Balaban J connectivity index is 1.84. The average molecular weight is 354 g/mol. The number of nitrogens with one attached hydrogen (secondary N) is 1. The summed E-state index contributed by atoms with van der Waals surface area (Å²) in [6, 6.07) is 10.9. The predicted molar refractivity (Wildman–Crippen MR) is 97.7 cm³/mol. The minimum Gasteiger partial charge on any atom is -0.344 e. The van der Waals surface area contributed by atoms with E-state index < -0.39 is 11.1 Å². The Kier molecular flexibility index (Phi) is 3.65. The molecule has 1 N–H and O–H groups in total. The van der Waals surface area contributed by atoms with E-state index in [4.69, 9.17) is 0 Å². The predicted octanol–water partition coefficient (Wildman–Crippen LogP) is 3.99. The highest BCUT2D eigenvalue weighted by Crippen LogP contribution is 2.52. The molecule has 5 heteroatoms. The quantitative estimate of drug-likeness (QED) is 0.884. The first kappa shape index (κ1) is 16.8. The summed E-state index contributed by atoms with van der Waals surface area (Å²) in [6.07, 6.45) is 4.20. The van der Waals surface area contributed by atoms with Crippen molar-refractivity contribution < 1.29 is 13.6 Å². The van der Waals surface area contributed by atoms with Crippen molar-refractivity contribution in [3.63, 3.8) is 0 Å². The first-order valence-corrected chi connectivity index (χ1v) is 8.67. The molecule has 1 unspecified atom stereocenters. The van der Waals surface area contributed by atoms with Gasteiger partial charge in [0.1, 0.15) is 17.3 Å². The normalized spacial score (nSPS) is 23.7. The van der Waals surface area contributed by atoms with Gasteiger partial charge in [-0.25, -0.2) is 8.78 Å². The molecule has 0 aromatic heterocycles. The maximum absolute atomic E-state index is 13.9. The fourth-order valence-corrected chi connectivity index (χ4v) is 4.12. The van der Waals surface area contributed by atoms with E-state index in [-0.39, 0.29) is 17.5 Å². The molecule has 0 bridgehead atoms. The van der Waals surface area contributed by atoms with Crippen molar-refractivity contribution in [1.82, 2.24) is 5.32 Å². The van der Waals surface area contributed by atoms with E-state index in [1.54, 1.807) is 24.3 Å². The monoisotopic (exact) mass is 354 g/mol. The molecule has 4 rings (SSSR count). The highest BCUT2D eigenvalue weighted by Gasteiger charge is 2.57. The van der Waals surface area contributed by atoms with Gasteiger partial charge in [-0.3, -0.25) is 4.79 Å². The van der Waals surface area contributed by atoms with E-state index >= 15 is 0 Å². The largest absolute Gasteiger partial charge is 0.344 e. The lowest BCUT2D eigenvalue weighted by Gasteiger charge is -2.49. The highest BCUT2D eigenvalue weighted by molar-refractivity contribution is 5.84. The van der Waals surface area contributed by atoms with Crippen LogP contribution in [0.3, 0.4) is 0 Å². The van der Waals surface area contributed by atoms with Crippen molar-refractivity contribution >= 4 is 17.7 Å². The zero-order valence-corrected chi connectivity index (χ0v) is 14.7. The fourth-order valence-electron chi connectivity index (χ4n) is 4.12. The van der Waals surface area contributed by atoms with Crippen LogP contribution in [0.2, 0.25) is 0 Å². The number of carbonyl (C=O) groups excluding carboxylic acids is 1. The van der Waals surface area contributed by atoms with Crippen molar-refractivity contribution in [3.8, 4) is 0 Å².